The van der Waals surface area contributed by atoms with E-state index in [9.17, 15) is 13.2 Å². The van der Waals surface area contributed by atoms with Crippen molar-refractivity contribution in [3.63, 3.8) is 0 Å². The zero-order chi connectivity index (χ0) is 17.1. The van der Waals surface area contributed by atoms with Gasteiger partial charge in [-0.1, -0.05) is 13.8 Å². The van der Waals surface area contributed by atoms with E-state index < -0.39 is 21.5 Å². The van der Waals surface area contributed by atoms with Crippen LogP contribution in [0.4, 0.5) is 0 Å². The van der Waals surface area contributed by atoms with E-state index in [1.54, 1.807) is 6.92 Å². The molecule has 0 saturated heterocycles. The Bertz CT molecular complexity index is 636. The van der Waals surface area contributed by atoms with E-state index in [4.69, 9.17) is 10.2 Å². The van der Waals surface area contributed by atoms with Crippen molar-refractivity contribution in [3.8, 4) is 0 Å². The van der Waals surface area contributed by atoms with Gasteiger partial charge in [0.15, 0.2) is 0 Å². The van der Waals surface area contributed by atoms with Crippen LogP contribution in [0.15, 0.2) is 15.6 Å². The number of hydrogen-bond acceptors (Lipinski definition) is 5. The number of rotatable bonds is 7. The molecular formula is C14H26ClN3O4S. The van der Waals surface area contributed by atoms with Crippen LogP contribution >= 0.6 is 12.4 Å². The highest BCUT2D eigenvalue weighted by molar-refractivity contribution is 7.88. The summed E-state index contributed by atoms with van der Waals surface area (Å²) in [5.41, 5.74) is 5.87. The van der Waals surface area contributed by atoms with Crippen LogP contribution in [0.5, 0.6) is 0 Å². The van der Waals surface area contributed by atoms with Crippen LogP contribution in [0.2, 0.25) is 0 Å². The van der Waals surface area contributed by atoms with Gasteiger partial charge >= 0.3 is 0 Å². The second-order valence-corrected chi connectivity index (χ2v) is 7.66. The Hall–Kier alpha value is -1.09. The SMILES string of the molecule is CCC(N)(CC)CNC(=O)c1cc(S(=O)(=O)N(C)C)oc1C.Cl. The van der Waals surface area contributed by atoms with Gasteiger partial charge in [0.05, 0.1) is 5.56 Å². The molecule has 3 N–H and O–H groups in total. The monoisotopic (exact) mass is 367 g/mol. The van der Waals surface area contributed by atoms with E-state index in [1.165, 1.54) is 20.2 Å². The Labute approximate surface area is 144 Å². The van der Waals surface area contributed by atoms with Gasteiger partial charge in [0.1, 0.15) is 5.76 Å². The third-order valence-corrected chi connectivity index (χ3v) is 5.56. The molecule has 0 spiro atoms. The molecule has 0 aliphatic carbocycles. The maximum atomic E-state index is 12.2. The van der Waals surface area contributed by atoms with Gasteiger partial charge in [0, 0.05) is 32.2 Å². The number of nitrogens with zero attached hydrogens (tertiary/aromatic N) is 1. The number of carbonyl (C=O) groups excluding carboxylic acids is 1. The summed E-state index contributed by atoms with van der Waals surface area (Å²) in [5, 5.41) is 2.50. The minimum atomic E-state index is -3.70. The summed E-state index contributed by atoms with van der Waals surface area (Å²) >= 11 is 0. The molecule has 0 unspecified atom stereocenters. The molecule has 0 radical (unpaired) electrons. The summed E-state index contributed by atoms with van der Waals surface area (Å²) in [6.45, 7) is 5.79. The number of amides is 1. The molecule has 7 nitrogen and oxygen atoms in total. The Kier molecular flexibility index (Phi) is 7.75. The average molecular weight is 368 g/mol. The first-order valence-corrected chi connectivity index (χ1v) is 8.61. The van der Waals surface area contributed by atoms with Crippen LogP contribution in [0.25, 0.3) is 0 Å². The molecule has 0 saturated carbocycles. The maximum Gasteiger partial charge on any atom is 0.275 e. The molecule has 1 heterocycles. The number of nitrogens with one attached hydrogen (secondary N) is 1. The minimum absolute atomic E-state index is 0. The van der Waals surface area contributed by atoms with Crippen molar-refractivity contribution in [1.29, 1.82) is 0 Å². The molecule has 0 fully saturated rings. The number of carbonyl (C=O) groups is 1. The lowest BCUT2D eigenvalue weighted by atomic mass is 9.94. The molecule has 23 heavy (non-hydrogen) atoms. The van der Waals surface area contributed by atoms with Crippen molar-refractivity contribution in [1.82, 2.24) is 9.62 Å². The molecule has 0 aliphatic heterocycles. The number of aryl methyl sites for hydroxylation is 1. The molecule has 0 aromatic carbocycles. The standard InChI is InChI=1S/C14H25N3O4S.ClH/c1-6-14(15,7-2)9-16-13(18)11-8-12(21-10(11)3)22(19,20)17(4)5;/h8H,6-7,9,15H2,1-5H3,(H,16,18);1H. The highest BCUT2D eigenvalue weighted by Crippen LogP contribution is 2.21. The fourth-order valence-electron chi connectivity index (χ4n) is 1.84. The molecule has 1 rings (SSSR count). The van der Waals surface area contributed by atoms with Crippen LogP contribution in [-0.4, -0.2) is 44.8 Å². The largest absolute Gasteiger partial charge is 0.448 e. The second-order valence-electron chi connectivity index (χ2n) is 5.57. The molecule has 1 amide bonds. The summed E-state index contributed by atoms with van der Waals surface area (Å²) in [6, 6.07) is 1.25. The van der Waals surface area contributed by atoms with Crippen LogP contribution in [-0.2, 0) is 10.0 Å². The third-order valence-electron chi connectivity index (χ3n) is 3.88. The van der Waals surface area contributed by atoms with Crippen molar-refractivity contribution >= 4 is 28.3 Å². The first-order chi connectivity index (χ1) is 10.1. The molecule has 9 heteroatoms. The van der Waals surface area contributed by atoms with E-state index in [0.717, 1.165) is 17.1 Å². The topological polar surface area (TPSA) is 106 Å². The number of furan rings is 1. The number of hydrogen-bond donors (Lipinski definition) is 2. The minimum Gasteiger partial charge on any atom is -0.448 e. The van der Waals surface area contributed by atoms with Gasteiger partial charge in [0.25, 0.3) is 15.9 Å². The predicted molar refractivity (Wildman–Crippen MR) is 91.4 cm³/mol. The normalized spacial score (nSPS) is 12.1. The van der Waals surface area contributed by atoms with E-state index in [1.807, 2.05) is 13.8 Å². The van der Waals surface area contributed by atoms with Gasteiger partial charge < -0.3 is 15.5 Å². The van der Waals surface area contributed by atoms with Crippen LogP contribution in [0.1, 0.15) is 42.8 Å². The molecule has 0 aliphatic rings. The number of nitrogens with two attached hydrogens (primary N) is 1. The van der Waals surface area contributed by atoms with Crippen molar-refractivity contribution in [3.05, 3.63) is 17.4 Å². The predicted octanol–water partition coefficient (Wildman–Crippen LogP) is 1.51. The van der Waals surface area contributed by atoms with Crippen LogP contribution in [0, 0.1) is 6.92 Å². The van der Waals surface area contributed by atoms with Crippen molar-refractivity contribution < 1.29 is 17.6 Å². The van der Waals surface area contributed by atoms with Crippen molar-refractivity contribution in [2.75, 3.05) is 20.6 Å². The summed E-state index contributed by atoms with van der Waals surface area (Å²) in [5.74, 6) is -0.133. The second kappa shape index (κ2) is 8.14. The van der Waals surface area contributed by atoms with Gasteiger partial charge in [-0.3, -0.25) is 4.79 Å². The van der Waals surface area contributed by atoms with Crippen LogP contribution < -0.4 is 11.1 Å². The Balaban J connectivity index is 0.00000484. The van der Waals surface area contributed by atoms with E-state index in [0.29, 0.717) is 6.54 Å². The highest BCUT2D eigenvalue weighted by atomic mass is 35.5. The van der Waals surface area contributed by atoms with Gasteiger partial charge in [-0.2, -0.15) is 0 Å². The molecule has 0 bridgehead atoms. The van der Waals surface area contributed by atoms with Gasteiger partial charge in [0.2, 0.25) is 5.09 Å². The third kappa shape index (κ3) is 4.94. The van der Waals surface area contributed by atoms with Gasteiger partial charge in [-0.25, -0.2) is 12.7 Å². The smallest absolute Gasteiger partial charge is 0.275 e. The van der Waals surface area contributed by atoms with E-state index in [2.05, 4.69) is 5.32 Å². The first-order valence-electron chi connectivity index (χ1n) is 7.17. The molecule has 0 atom stereocenters. The fraction of sp³-hybridized carbons (Fsp3) is 0.643. The lowest BCUT2D eigenvalue weighted by molar-refractivity contribution is 0.0940. The van der Waals surface area contributed by atoms with Gasteiger partial charge in [-0.15, -0.1) is 12.4 Å². The molecule has 1 aromatic rings. The van der Waals surface area contributed by atoms with E-state index in [-0.39, 0.29) is 28.8 Å². The zero-order valence-corrected chi connectivity index (χ0v) is 15.8. The Morgan fingerprint density at radius 3 is 2.30 bits per heavy atom. The quantitative estimate of drug-likeness (QED) is 0.759. The fourth-order valence-corrected chi connectivity index (χ4v) is 2.70. The lowest BCUT2D eigenvalue weighted by Crippen LogP contribution is -2.49. The summed E-state index contributed by atoms with van der Waals surface area (Å²) in [4.78, 5) is 12.2. The van der Waals surface area contributed by atoms with E-state index >= 15 is 0 Å². The summed E-state index contributed by atoms with van der Waals surface area (Å²) in [6.07, 6.45) is 1.46. The average Bonchev–Trinajstić information content (AvgIpc) is 2.87. The zero-order valence-electron chi connectivity index (χ0n) is 14.2. The maximum absolute atomic E-state index is 12.2. The molecule has 1 aromatic heterocycles. The highest BCUT2D eigenvalue weighted by Gasteiger charge is 2.27. The first kappa shape index (κ1) is 21.9. The number of sulfonamides is 1. The lowest BCUT2D eigenvalue weighted by Gasteiger charge is -2.26. The summed E-state index contributed by atoms with van der Waals surface area (Å²) in [7, 11) is -0.901. The van der Waals surface area contributed by atoms with Crippen molar-refractivity contribution in [2.45, 2.75) is 44.2 Å². The van der Waals surface area contributed by atoms with Gasteiger partial charge in [-0.05, 0) is 19.8 Å². The molecular weight excluding hydrogens is 342 g/mol. The number of halogens is 1. The summed E-state index contributed by atoms with van der Waals surface area (Å²) < 4.78 is 30.3. The van der Waals surface area contributed by atoms with Crippen LogP contribution in [0.3, 0.4) is 0 Å². The Morgan fingerprint density at radius 1 is 1.35 bits per heavy atom. The van der Waals surface area contributed by atoms with Crippen molar-refractivity contribution in [2.24, 2.45) is 5.73 Å². The Morgan fingerprint density at radius 2 is 1.87 bits per heavy atom. The molecule has 134 valence electrons.